The fraction of sp³-hybridized carbons (Fsp3) is 0.633. The monoisotopic (exact) mass is 940 g/mol. The summed E-state index contributed by atoms with van der Waals surface area (Å²) < 4.78 is 42.8. The first-order valence-electron chi connectivity index (χ1n) is 23.2. The molecule has 8 rings (SSSR count). The number of allylic oxidation sites excluding steroid dienone is 2. The molecule has 1 saturated carbocycles. The van der Waals surface area contributed by atoms with Gasteiger partial charge in [-0.1, -0.05) is 61.7 Å². The number of benzene rings is 1. The van der Waals surface area contributed by atoms with E-state index >= 15 is 0 Å². The van der Waals surface area contributed by atoms with Gasteiger partial charge in [0.05, 0.1) is 29.8 Å². The SMILES string of the molecule is Cc1c(Cl)ccc(O)c1C(=O)O[C@@H]1C[C@H](O[C@H]2[C@H](O)C[C@H](O[C@H]3CCCC4C3C=CC3CCCC/C=C\C5C=C(C(=O)O)[C@H](C)CC56OC(=O)C(=C6O)OC(=O)[C@]34C)O[C@@H]2C)O[C@H](C)[C@H]1O. The third kappa shape index (κ3) is 8.83. The van der Waals surface area contributed by atoms with Crippen LogP contribution in [0.5, 0.6) is 5.75 Å². The number of carbonyl (C=O) groups is 4. The third-order valence-electron chi connectivity index (χ3n) is 15.2. The van der Waals surface area contributed by atoms with Gasteiger partial charge >= 0.3 is 23.9 Å². The Morgan fingerprint density at radius 2 is 1.64 bits per heavy atom. The molecule has 1 aromatic rings. The summed E-state index contributed by atoms with van der Waals surface area (Å²) in [6.45, 7) is 8.47. The molecule has 16 nitrogen and oxygen atoms in total. The Balaban J connectivity index is 0.954. The van der Waals surface area contributed by atoms with Crippen LogP contribution in [0.15, 0.2) is 59.6 Å². The van der Waals surface area contributed by atoms with E-state index < -0.39 is 114 Å². The Labute approximate surface area is 388 Å². The summed E-state index contributed by atoms with van der Waals surface area (Å²) >= 11 is 6.19. The molecule has 5 N–H and O–H groups in total. The van der Waals surface area contributed by atoms with Crippen LogP contribution < -0.4 is 0 Å². The minimum absolute atomic E-state index is 0.0120. The number of halogens is 1. The number of phenols is 1. The van der Waals surface area contributed by atoms with Gasteiger partial charge in [0.15, 0.2) is 23.9 Å². The number of aromatic hydroxyl groups is 1. The molecule has 66 heavy (non-hydrogen) atoms. The number of hydrogen-bond acceptors (Lipinski definition) is 15. The first-order chi connectivity index (χ1) is 31.3. The van der Waals surface area contributed by atoms with Crippen molar-refractivity contribution in [1.82, 2.24) is 0 Å². The summed E-state index contributed by atoms with van der Waals surface area (Å²) in [6.07, 6.45) is 6.18. The quantitative estimate of drug-likeness (QED) is 0.109. The highest BCUT2D eigenvalue weighted by molar-refractivity contribution is 6.32. The average Bonchev–Trinajstić information content (AvgIpc) is 3.48. The zero-order chi connectivity index (χ0) is 47.4. The van der Waals surface area contributed by atoms with E-state index in [0.29, 0.717) is 37.7 Å². The number of rotatable bonds is 7. The normalized spacial score (nSPS) is 40.9. The summed E-state index contributed by atoms with van der Waals surface area (Å²) in [4.78, 5) is 53.6. The van der Waals surface area contributed by atoms with Crippen LogP contribution in [-0.2, 0) is 47.5 Å². The van der Waals surface area contributed by atoms with E-state index in [1.54, 1.807) is 33.8 Å². The Morgan fingerprint density at radius 1 is 0.894 bits per heavy atom. The third-order valence-corrected chi connectivity index (χ3v) is 15.7. The Kier molecular flexibility index (Phi) is 13.9. The number of carbonyl (C=O) groups excluding carboxylic acids is 3. The van der Waals surface area contributed by atoms with Crippen LogP contribution in [-0.4, -0.2) is 110 Å². The first kappa shape index (κ1) is 48.2. The lowest BCUT2D eigenvalue weighted by atomic mass is 9.55. The number of fused-ring (bicyclic) bond motifs is 3. The van der Waals surface area contributed by atoms with Crippen molar-refractivity contribution in [2.45, 2.75) is 160 Å². The van der Waals surface area contributed by atoms with Gasteiger partial charge in [-0.25, -0.2) is 14.4 Å². The summed E-state index contributed by atoms with van der Waals surface area (Å²) in [5.74, 6) is -7.22. The lowest BCUT2D eigenvalue weighted by Crippen LogP contribution is -2.56. The van der Waals surface area contributed by atoms with Crippen molar-refractivity contribution in [1.29, 1.82) is 0 Å². The number of aliphatic hydroxyl groups excluding tert-OH is 3. The highest BCUT2D eigenvalue weighted by Crippen LogP contribution is 2.55. The molecule has 3 aliphatic carbocycles. The van der Waals surface area contributed by atoms with Gasteiger partial charge in [0.2, 0.25) is 0 Å². The van der Waals surface area contributed by atoms with Crippen molar-refractivity contribution in [2.24, 2.45) is 35.0 Å². The van der Waals surface area contributed by atoms with Crippen molar-refractivity contribution in [3.05, 3.63) is 75.8 Å². The standard InChI is InChI=1S/C49H61ClO16/c1-23-22-49-28(19-30(23)44(55)56)12-9-7-6-8-11-27-15-16-29-31(48(27,5)47(59)65-42(43(49)54)46(58)66-49)13-10-14-35(29)62-37-20-34(52)41(26(4)61-37)64-38-21-36(40(53)25(3)60-38)63-45(57)39-24(2)32(50)17-18-33(39)51/h9,12,15-19,23,25-29,31,34-38,40-41,51-54H,6-8,10-11,13-14,20-22H2,1-5H3,(H,55,56)/b12-9-/t23-,25-,26-,27?,28?,29?,31?,34-,35+,36-,37+,38+,40-,41-,48-,49?/m1/s1. The zero-order valence-corrected chi connectivity index (χ0v) is 38.6. The fourth-order valence-electron chi connectivity index (χ4n) is 11.5. The van der Waals surface area contributed by atoms with Crippen molar-refractivity contribution < 1.29 is 77.9 Å². The molecule has 0 radical (unpaired) electrons. The van der Waals surface area contributed by atoms with E-state index in [9.17, 15) is 44.7 Å². The molecule has 17 heteroatoms. The van der Waals surface area contributed by atoms with Crippen molar-refractivity contribution in [2.75, 3.05) is 0 Å². The summed E-state index contributed by atoms with van der Waals surface area (Å²) in [5.41, 5.74) is -2.41. The van der Waals surface area contributed by atoms with E-state index in [1.807, 2.05) is 19.1 Å². The van der Waals surface area contributed by atoms with Crippen molar-refractivity contribution in [3.8, 4) is 5.75 Å². The van der Waals surface area contributed by atoms with Gasteiger partial charge in [-0.2, -0.15) is 0 Å². The number of aliphatic carboxylic acids is 1. The Morgan fingerprint density at radius 3 is 2.38 bits per heavy atom. The summed E-state index contributed by atoms with van der Waals surface area (Å²) in [7, 11) is 0. The summed E-state index contributed by atoms with van der Waals surface area (Å²) in [6, 6.07) is 2.75. The molecule has 7 aliphatic rings. The predicted octanol–water partition coefficient (Wildman–Crippen LogP) is 6.66. The fourth-order valence-corrected chi connectivity index (χ4v) is 11.7. The molecule has 2 saturated heterocycles. The van der Waals surface area contributed by atoms with Gasteiger partial charge in [0.25, 0.3) is 5.76 Å². The number of phenolic OH excluding ortho intramolecular Hbond substituents is 1. The molecule has 4 heterocycles. The van der Waals surface area contributed by atoms with Crippen LogP contribution in [0.25, 0.3) is 0 Å². The van der Waals surface area contributed by atoms with E-state index in [2.05, 4.69) is 6.08 Å². The maximum Gasteiger partial charge on any atom is 0.379 e. The van der Waals surface area contributed by atoms with Crippen molar-refractivity contribution in [3.63, 3.8) is 0 Å². The molecule has 2 bridgehead atoms. The van der Waals surface area contributed by atoms with E-state index in [-0.39, 0.29) is 58.9 Å². The van der Waals surface area contributed by atoms with Gasteiger partial charge in [-0.3, -0.25) is 4.79 Å². The van der Waals surface area contributed by atoms with Crippen LogP contribution >= 0.6 is 11.6 Å². The molecule has 1 aromatic carbocycles. The van der Waals surface area contributed by atoms with Crippen LogP contribution in [0.4, 0.5) is 0 Å². The first-order valence-corrected chi connectivity index (χ1v) is 23.6. The number of aliphatic hydroxyl groups is 3. The van der Waals surface area contributed by atoms with Gasteiger partial charge in [-0.05, 0) is 95.2 Å². The van der Waals surface area contributed by atoms with Crippen LogP contribution in [0.2, 0.25) is 5.02 Å². The lowest BCUT2D eigenvalue weighted by Gasteiger charge is -2.51. The van der Waals surface area contributed by atoms with Crippen LogP contribution in [0.1, 0.15) is 108 Å². The van der Waals surface area contributed by atoms with Crippen LogP contribution in [0, 0.1) is 41.9 Å². The van der Waals surface area contributed by atoms with Gasteiger partial charge in [-0.15, -0.1) is 0 Å². The van der Waals surface area contributed by atoms with Crippen molar-refractivity contribution >= 4 is 35.5 Å². The number of carboxylic acid groups (broad SMARTS) is 1. The second-order valence-electron chi connectivity index (χ2n) is 19.4. The highest BCUT2D eigenvalue weighted by atomic mass is 35.5. The molecule has 0 amide bonds. The number of carboxylic acids is 1. The second-order valence-corrected chi connectivity index (χ2v) is 19.8. The number of hydrogen-bond donors (Lipinski definition) is 5. The Hall–Kier alpha value is -4.29. The maximum atomic E-state index is 14.7. The van der Waals surface area contributed by atoms with E-state index in [1.165, 1.54) is 18.2 Å². The molecule has 0 aromatic heterocycles. The molecule has 5 unspecified atom stereocenters. The smallest absolute Gasteiger partial charge is 0.379 e. The maximum absolute atomic E-state index is 14.7. The average molecular weight is 941 g/mol. The minimum atomic E-state index is -1.62. The molecule has 3 fully saturated rings. The minimum Gasteiger partial charge on any atom is -0.507 e. The van der Waals surface area contributed by atoms with Gasteiger partial charge < -0.3 is 58.7 Å². The molecular formula is C49H61ClO16. The number of esters is 3. The molecular weight excluding hydrogens is 880 g/mol. The van der Waals surface area contributed by atoms with Crippen LogP contribution in [0.3, 0.4) is 0 Å². The van der Waals surface area contributed by atoms with E-state index in [0.717, 1.165) is 12.8 Å². The second kappa shape index (κ2) is 19.0. The Bertz CT molecular complexity index is 2190. The number of ether oxygens (including phenoxy) is 7. The lowest BCUT2D eigenvalue weighted by molar-refractivity contribution is -0.318. The summed E-state index contributed by atoms with van der Waals surface area (Å²) in [5, 5.41) is 54.7. The molecule has 1 spiro atoms. The highest BCUT2D eigenvalue weighted by Gasteiger charge is 2.60. The van der Waals surface area contributed by atoms with Gasteiger partial charge in [0.1, 0.15) is 29.6 Å². The topological polar surface area (TPSA) is 234 Å². The van der Waals surface area contributed by atoms with E-state index in [4.69, 9.17) is 44.8 Å². The molecule has 4 aliphatic heterocycles. The molecule has 360 valence electrons. The molecule has 16 atom stereocenters. The van der Waals surface area contributed by atoms with Gasteiger partial charge in [0, 0.05) is 41.7 Å². The largest absolute Gasteiger partial charge is 0.507 e. The zero-order valence-electron chi connectivity index (χ0n) is 37.8. The predicted molar refractivity (Wildman–Crippen MR) is 233 cm³/mol.